The van der Waals surface area contributed by atoms with Gasteiger partial charge < -0.3 is 15.2 Å². The molecule has 0 aliphatic heterocycles. The molecule has 136 valence electrons. The molecule has 0 heterocycles. The van der Waals surface area contributed by atoms with Crippen LogP contribution in [0, 0.1) is 11.2 Å². The smallest absolute Gasteiger partial charge is 0.408 e. The van der Waals surface area contributed by atoms with E-state index in [1.54, 1.807) is 20.8 Å². The monoisotopic (exact) mass is 369 g/mol. The maximum Gasteiger partial charge on any atom is 0.408 e. The van der Waals surface area contributed by atoms with E-state index in [0.29, 0.717) is 24.3 Å². The van der Waals surface area contributed by atoms with Gasteiger partial charge in [0.05, 0.1) is 0 Å². The van der Waals surface area contributed by atoms with E-state index < -0.39 is 29.1 Å². The average molecular weight is 370 g/mol. The van der Waals surface area contributed by atoms with Crippen LogP contribution in [-0.2, 0) is 14.9 Å². The van der Waals surface area contributed by atoms with Gasteiger partial charge >= 0.3 is 12.1 Å². The van der Waals surface area contributed by atoms with Crippen LogP contribution in [0.3, 0.4) is 0 Å². The second-order valence-corrected chi connectivity index (χ2v) is 8.62. The lowest BCUT2D eigenvalue weighted by Gasteiger charge is -2.72. The molecule has 25 heavy (non-hydrogen) atoms. The van der Waals surface area contributed by atoms with Crippen molar-refractivity contribution in [3.8, 4) is 0 Å². The van der Waals surface area contributed by atoms with Crippen LogP contribution in [0.5, 0.6) is 0 Å². The number of ether oxygens (including phenoxy) is 1. The molecule has 4 rings (SSSR count). The van der Waals surface area contributed by atoms with Crippen LogP contribution >= 0.6 is 11.6 Å². The number of carbonyl (C=O) groups is 2. The lowest BCUT2D eigenvalue weighted by atomic mass is 9.31. The number of rotatable bonds is 4. The molecule has 2 bridgehead atoms. The molecule has 3 aliphatic rings. The summed E-state index contributed by atoms with van der Waals surface area (Å²) in [5.41, 5.74) is -0.804. The largest absolute Gasteiger partial charge is 0.480 e. The molecule has 3 fully saturated rings. The highest BCUT2D eigenvalue weighted by Crippen LogP contribution is 2.75. The number of benzene rings is 1. The van der Waals surface area contributed by atoms with E-state index in [9.17, 15) is 19.1 Å². The van der Waals surface area contributed by atoms with Gasteiger partial charge in [-0.05, 0) is 69.2 Å². The van der Waals surface area contributed by atoms with Crippen LogP contribution in [0.1, 0.15) is 45.6 Å². The number of carboxylic acid groups (broad SMARTS) is 1. The number of halogens is 2. The van der Waals surface area contributed by atoms with Crippen LogP contribution in [0.25, 0.3) is 0 Å². The minimum atomic E-state index is -1.09. The molecule has 1 unspecified atom stereocenters. The van der Waals surface area contributed by atoms with Gasteiger partial charge in [0.25, 0.3) is 0 Å². The van der Waals surface area contributed by atoms with Gasteiger partial charge in [-0.1, -0.05) is 11.6 Å². The number of amides is 1. The first-order chi connectivity index (χ1) is 11.5. The normalized spacial score (nSPS) is 28.4. The van der Waals surface area contributed by atoms with Crippen LogP contribution in [0.15, 0.2) is 18.2 Å². The lowest BCUT2D eigenvalue weighted by molar-refractivity contribution is -0.183. The minimum Gasteiger partial charge on any atom is -0.480 e. The molecule has 1 aromatic rings. The summed E-state index contributed by atoms with van der Waals surface area (Å²) in [5.74, 6) is -1.45. The van der Waals surface area contributed by atoms with Crippen molar-refractivity contribution >= 4 is 23.7 Å². The first-order valence-electron chi connectivity index (χ1n) is 8.14. The van der Waals surface area contributed by atoms with E-state index in [4.69, 9.17) is 16.3 Å². The molecule has 7 heteroatoms. The minimum absolute atomic E-state index is 0.289. The summed E-state index contributed by atoms with van der Waals surface area (Å²) >= 11 is 6.19. The van der Waals surface area contributed by atoms with Crippen LogP contribution in [-0.4, -0.2) is 28.8 Å². The van der Waals surface area contributed by atoms with E-state index >= 15 is 0 Å². The fourth-order valence-corrected chi connectivity index (χ4v) is 4.58. The van der Waals surface area contributed by atoms with Gasteiger partial charge in [-0.15, -0.1) is 0 Å². The van der Waals surface area contributed by atoms with Crippen molar-refractivity contribution in [1.82, 2.24) is 5.32 Å². The Bertz CT molecular complexity index is 723. The summed E-state index contributed by atoms with van der Waals surface area (Å²) in [7, 11) is 0. The predicted octanol–water partition coefficient (Wildman–Crippen LogP) is 3.88. The van der Waals surface area contributed by atoms with E-state index in [-0.39, 0.29) is 11.2 Å². The first kappa shape index (κ1) is 18.0. The molecule has 1 atom stereocenters. The van der Waals surface area contributed by atoms with Crippen molar-refractivity contribution in [2.24, 2.45) is 5.41 Å². The second kappa shape index (κ2) is 5.59. The molecule has 0 spiro atoms. The van der Waals surface area contributed by atoms with Crippen molar-refractivity contribution in [2.45, 2.75) is 57.1 Å². The number of carboxylic acids is 1. The summed E-state index contributed by atoms with van der Waals surface area (Å²) in [5, 5.41) is 12.5. The Kier molecular flexibility index (Phi) is 4.02. The molecule has 2 N–H and O–H groups in total. The van der Waals surface area contributed by atoms with Gasteiger partial charge in [0, 0.05) is 10.4 Å². The zero-order valence-corrected chi connectivity index (χ0v) is 15.1. The highest BCUT2D eigenvalue weighted by atomic mass is 35.5. The Balaban J connectivity index is 1.72. The van der Waals surface area contributed by atoms with Gasteiger partial charge in [-0.25, -0.2) is 14.0 Å². The third-order valence-corrected chi connectivity index (χ3v) is 5.42. The SMILES string of the molecule is CC(C)(C)OC(=O)NC(C(=O)O)C12CC(c3cc(F)ccc3Cl)(C1)C2. The van der Waals surface area contributed by atoms with Crippen molar-refractivity contribution in [1.29, 1.82) is 0 Å². The average Bonchev–Trinajstić information content (AvgIpc) is 2.36. The van der Waals surface area contributed by atoms with Crippen molar-refractivity contribution in [2.75, 3.05) is 0 Å². The lowest BCUT2D eigenvalue weighted by Crippen LogP contribution is -2.73. The molecule has 5 nitrogen and oxygen atoms in total. The summed E-state index contributed by atoms with van der Waals surface area (Å²) in [4.78, 5) is 23.6. The molecule has 1 amide bonds. The summed E-state index contributed by atoms with van der Waals surface area (Å²) in [6.07, 6.45) is 0.907. The number of nitrogens with one attached hydrogen (secondary N) is 1. The molecule has 3 saturated carbocycles. The fourth-order valence-electron chi connectivity index (χ4n) is 4.26. The third kappa shape index (κ3) is 3.08. The predicted molar refractivity (Wildman–Crippen MR) is 90.2 cm³/mol. The van der Waals surface area contributed by atoms with Gasteiger partial charge in [-0.3, -0.25) is 0 Å². The molecule has 3 aliphatic carbocycles. The van der Waals surface area contributed by atoms with E-state index in [2.05, 4.69) is 5.32 Å². The fraction of sp³-hybridized carbons (Fsp3) is 0.556. The second-order valence-electron chi connectivity index (χ2n) is 8.21. The van der Waals surface area contributed by atoms with Gasteiger partial charge in [0.1, 0.15) is 17.5 Å². The molecule has 0 aromatic heterocycles. The molecule has 0 saturated heterocycles. The van der Waals surface area contributed by atoms with Crippen LogP contribution < -0.4 is 5.32 Å². The summed E-state index contributed by atoms with van der Waals surface area (Å²) < 4.78 is 18.7. The number of carbonyl (C=O) groups excluding carboxylic acids is 1. The number of hydrogen-bond acceptors (Lipinski definition) is 3. The Labute approximate surface area is 150 Å². The zero-order chi connectivity index (χ0) is 18.6. The highest BCUT2D eigenvalue weighted by Gasteiger charge is 2.73. The zero-order valence-electron chi connectivity index (χ0n) is 14.4. The van der Waals surface area contributed by atoms with Crippen molar-refractivity contribution in [3.05, 3.63) is 34.6 Å². The standard InChI is InChI=1S/C18H21ClFNO4/c1-16(2,3)25-15(24)21-13(14(22)23)18-7-17(8-18,9-18)11-6-10(20)4-5-12(11)19/h4-6,13H,7-9H2,1-3H3,(H,21,24)(H,22,23). The van der Waals surface area contributed by atoms with E-state index in [0.717, 1.165) is 5.56 Å². The molecule has 0 radical (unpaired) electrons. The number of aliphatic carboxylic acids is 1. The maximum atomic E-state index is 13.5. The summed E-state index contributed by atoms with van der Waals surface area (Å²) in [6, 6.07) is 3.21. The first-order valence-corrected chi connectivity index (χ1v) is 8.52. The topological polar surface area (TPSA) is 75.6 Å². The highest BCUT2D eigenvalue weighted by molar-refractivity contribution is 6.31. The third-order valence-electron chi connectivity index (χ3n) is 5.09. The van der Waals surface area contributed by atoms with Crippen LogP contribution in [0.4, 0.5) is 9.18 Å². The van der Waals surface area contributed by atoms with Crippen molar-refractivity contribution < 1.29 is 23.8 Å². The number of hydrogen-bond donors (Lipinski definition) is 2. The van der Waals surface area contributed by atoms with E-state index in [1.165, 1.54) is 18.2 Å². The van der Waals surface area contributed by atoms with E-state index in [1.807, 2.05) is 0 Å². The quantitative estimate of drug-likeness (QED) is 0.844. The van der Waals surface area contributed by atoms with Crippen molar-refractivity contribution in [3.63, 3.8) is 0 Å². The Morgan fingerprint density at radius 2 is 1.92 bits per heavy atom. The Morgan fingerprint density at radius 1 is 1.32 bits per heavy atom. The van der Waals surface area contributed by atoms with Crippen LogP contribution in [0.2, 0.25) is 5.02 Å². The molecule has 1 aromatic carbocycles. The summed E-state index contributed by atoms with van der Waals surface area (Å²) in [6.45, 7) is 5.14. The van der Waals surface area contributed by atoms with Gasteiger partial charge in [-0.2, -0.15) is 0 Å². The molecular formula is C18H21ClFNO4. The van der Waals surface area contributed by atoms with Gasteiger partial charge in [0.15, 0.2) is 0 Å². The van der Waals surface area contributed by atoms with Gasteiger partial charge in [0.2, 0.25) is 0 Å². The Hall–Kier alpha value is -1.82. The number of alkyl carbamates (subject to hydrolysis) is 1. The maximum absolute atomic E-state index is 13.5. The Morgan fingerprint density at radius 3 is 2.44 bits per heavy atom. The molecular weight excluding hydrogens is 349 g/mol.